The summed E-state index contributed by atoms with van der Waals surface area (Å²) in [5.74, 6) is -0.0810. The van der Waals surface area contributed by atoms with Gasteiger partial charge in [-0.1, -0.05) is 0 Å². The number of nitrogens with zero attached hydrogens (tertiary/aromatic N) is 1. The van der Waals surface area contributed by atoms with Crippen molar-refractivity contribution >= 4 is 24.1 Å². The Morgan fingerprint density at radius 1 is 1.58 bits per heavy atom. The molecule has 1 rings (SSSR count). The number of nitrogen functional groups attached to an aromatic ring is 1. The number of amides is 1. The normalized spacial score (nSPS) is 8.75. The van der Waals surface area contributed by atoms with Gasteiger partial charge in [-0.05, 0) is 18.6 Å². The van der Waals surface area contributed by atoms with Crippen molar-refractivity contribution in [3.05, 3.63) is 23.4 Å². The largest absolute Gasteiger partial charge is 0.384 e. The molecule has 0 fully saturated rings. The number of halogens is 1. The number of carbonyl (C=O) groups excluding carboxylic acids is 1. The molecule has 0 aliphatic carbocycles. The van der Waals surface area contributed by atoms with Crippen LogP contribution >= 0.6 is 12.4 Å². The Bertz CT molecular complexity index is 301. The van der Waals surface area contributed by atoms with Crippen LogP contribution < -0.4 is 11.5 Å². The van der Waals surface area contributed by atoms with Gasteiger partial charge in [0.1, 0.15) is 5.82 Å². The van der Waals surface area contributed by atoms with Crippen LogP contribution in [0.2, 0.25) is 0 Å². The third-order valence-corrected chi connectivity index (χ3v) is 1.40. The Morgan fingerprint density at radius 2 is 2.17 bits per heavy atom. The van der Waals surface area contributed by atoms with E-state index >= 15 is 0 Å². The van der Waals surface area contributed by atoms with Crippen molar-refractivity contribution in [2.24, 2.45) is 5.73 Å². The molecule has 0 aliphatic heterocycles. The number of primary amides is 1. The van der Waals surface area contributed by atoms with Gasteiger partial charge in [0.25, 0.3) is 5.91 Å². The van der Waals surface area contributed by atoms with Crippen molar-refractivity contribution < 1.29 is 4.79 Å². The molecule has 1 amide bonds. The third kappa shape index (κ3) is 2.10. The lowest BCUT2D eigenvalue weighted by atomic mass is 10.1. The molecule has 0 unspecified atom stereocenters. The Hall–Kier alpha value is -1.29. The van der Waals surface area contributed by atoms with Crippen LogP contribution in [0.3, 0.4) is 0 Å². The molecule has 4 N–H and O–H groups in total. The van der Waals surface area contributed by atoms with Gasteiger partial charge in [-0.3, -0.25) is 4.79 Å². The first-order chi connectivity index (χ1) is 5.11. The van der Waals surface area contributed by atoms with Crippen molar-refractivity contribution in [3.63, 3.8) is 0 Å². The first kappa shape index (κ1) is 10.7. The Morgan fingerprint density at radius 3 is 2.58 bits per heavy atom. The number of pyridine rings is 1. The van der Waals surface area contributed by atoms with E-state index in [-0.39, 0.29) is 12.4 Å². The number of aryl methyl sites for hydroxylation is 1. The quantitative estimate of drug-likeness (QED) is 0.672. The van der Waals surface area contributed by atoms with E-state index in [1.54, 1.807) is 13.0 Å². The van der Waals surface area contributed by atoms with Crippen LogP contribution in [0.25, 0.3) is 0 Å². The van der Waals surface area contributed by atoms with Crippen molar-refractivity contribution in [1.82, 2.24) is 4.98 Å². The second kappa shape index (κ2) is 3.92. The highest BCUT2D eigenvalue weighted by atomic mass is 35.5. The summed E-state index contributed by atoms with van der Waals surface area (Å²) < 4.78 is 0. The van der Waals surface area contributed by atoms with Gasteiger partial charge >= 0.3 is 0 Å². The molecule has 0 bridgehead atoms. The minimum atomic E-state index is -0.477. The summed E-state index contributed by atoms with van der Waals surface area (Å²) >= 11 is 0. The fourth-order valence-electron chi connectivity index (χ4n) is 0.836. The van der Waals surface area contributed by atoms with Crippen molar-refractivity contribution in [3.8, 4) is 0 Å². The highest BCUT2D eigenvalue weighted by Crippen LogP contribution is 2.07. The van der Waals surface area contributed by atoms with Crippen LogP contribution in [-0.2, 0) is 0 Å². The molecule has 0 saturated carbocycles. The second-order valence-electron chi connectivity index (χ2n) is 2.29. The predicted octanol–water partition coefficient (Wildman–Crippen LogP) is 0.493. The molecule has 0 radical (unpaired) electrons. The number of hydrogen-bond acceptors (Lipinski definition) is 3. The number of aromatic nitrogens is 1. The van der Waals surface area contributed by atoms with Gasteiger partial charge in [-0.25, -0.2) is 4.98 Å². The lowest BCUT2D eigenvalue weighted by Gasteiger charge is -2.00. The lowest BCUT2D eigenvalue weighted by molar-refractivity contribution is 0.0999. The van der Waals surface area contributed by atoms with E-state index in [1.165, 1.54) is 6.20 Å². The Balaban J connectivity index is 0.00000121. The van der Waals surface area contributed by atoms with Crippen LogP contribution in [0.15, 0.2) is 12.3 Å². The zero-order valence-electron chi connectivity index (χ0n) is 6.57. The summed E-state index contributed by atoms with van der Waals surface area (Å²) in [6.07, 6.45) is 1.38. The third-order valence-electron chi connectivity index (χ3n) is 1.40. The monoisotopic (exact) mass is 187 g/mol. The molecule has 5 heteroatoms. The van der Waals surface area contributed by atoms with E-state index in [0.717, 1.165) is 5.56 Å². The fourth-order valence-corrected chi connectivity index (χ4v) is 0.836. The fraction of sp³-hybridized carbons (Fsp3) is 0.143. The number of carbonyl (C=O) groups is 1. The number of nitrogens with two attached hydrogens (primary N) is 2. The summed E-state index contributed by atoms with van der Waals surface area (Å²) in [5.41, 5.74) is 11.6. The Labute approximate surface area is 76.4 Å². The van der Waals surface area contributed by atoms with E-state index in [4.69, 9.17) is 11.5 Å². The summed E-state index contributed by atoms with van der Waals surface area (Å²) in [7, 11) is 0. The van der Waals surface area contributed by atoms with Crippen LogP contribution in [0.4, 0.5) is 5.82 Å². The first-order valence-corrected chi connectivity index (χ1v) is 3.13. The van der Waals surface area contributed by atoms with Gasteiger partial charge in [0.15, 0.2) is 0 Å². The maximum absolute atomic E-state index is 10.7. The maximum Gasteiger partial charge on any atom is 0.250 e. The SMILES string of the molecule is Cc1cc(N)ncc1C(N)=O.Cl. The molecular formula is C7H10ClN3O. The van der Waals surface area contributed by atoms with Crippen molar-refractivity contribution in [2.45, 2.75) is 6.92 Å². The standard InChI is InChI=1S/C7H9N3O.ClH/c1-4-2-6(8)10-3-5(4)7(9)11;/h2-3H,1H3,(H2,8,10)(H2,9,11);1H. The molecule has 0 saturated heterocycles. The van der Waals surface area contributed by atoms with E-state index in [0.29, 0.717) is 11.4 Å². The van der Waals surface area contributed by atoms with E-state index < -0.39 is 5.91 Å². The number of anilines is 1. The minimum Gasteiger partial charge on any atom is -0.384 e. The highest BCUT2D eigenvalue weighted by molar-refractivity contribution is 5.94. The van der Waals surface area contributed by atoms with Crippen LogP contribution in [0.1, 0.15) is 15.9 Å². The molecule has 0 spiro atoms. The maximum atomic E-state index is 10.7. The molecule has 1 aromatic rings. The molecule has 66 valence electrons. The topological polar surface area (TPSA) is 82.0 Å². The summed E-state index contributed by atoms with van der Waals surface area (Å²) in [6, 6.07) is 1.61. The molecule has 0 aromatic carbocycles. The zero-order chi connectivity index (χ0) is 8.43. The van der Waals surface area contributed by atoms with Gasteiger partial charge in [0.2, 0.25) is 0 Å². The molecule has 4 nitrogen and oxygen atoms in total. The van der Waals surface area contributed by atoms with Gasteiger partial charge in [0.05, 0.1) is 5.56 Å². The van der Waals surface area contributed by atoms with Crippen LogP contribution in [0, 0.1) is 6.92 Å². The molecule has 1 aromatic heterocycles. The van der Waals surface area contributed by atoms with Crippen molar-refractivity contribution in [2.75, 3.05) is 5.73 Å². The average Bonchev–Trinajstić information content (AvgIpc) is 1.85. The van der Waals surface area contributed by atoms with E-state index in [2.05, 4.69) is 4.98 Å². The molecule has 0 atom stereocenters. The molecule has 12 heavy (non-hydrogen) atoms. The predicted molar refractivity (Wildman–Crippen MR) is 49.2 cm³/mol. The van der Waals surface area contributed by atoms with Crippen LogP contribution in [0.5, 0.6) is 0 Å². The van der Waals surface area contributed by atoms with Gasteiger partial charge < -0.3 is 11.5 Å². The smallest absolute Gasteiger partial charge is 0.250 e. The molecular weight excluding hydrogens is 178 g/mol. The van der Waals surface area contributed by atoms with Crippen LogP contribution in [-0.4, -0.2) is 10.9 Å². The van der Waals surface area contributed by atoms with Gasteiger partial charge in [0, 0.05) is 6.20 Å². The highest BCUT2D eigenvalue weighted by Gasteiger charge is 2.04. The summed E-state index contributed by atoms with van der Waals surface area (Å²) in [6.45, 7) is 1.76. The lowest BCUT2D eigenvalue weighted by Crippen LogP contribution is -2.13. The van der Waals surface area contributed by atoms with E-state index in [1.807, 2.05) is 0 Å². The first-order valence-electron chi connectivity index (χ1n) is 3.13. The van der Waals surface area contributed by atoms with Gasteiger partial charge in [-0.15, -0.1) is 12.4 Å². The Kier molecular flexibility index (Phi) is 3.50. The minimum absolute atomic E-state index is 0. The number of hydrogen-bond donors (Lipinski definition) is 2. The molecule has 1 heterocycles. The second-order valence-corrected chi connectivity index (χ2v) is 2.29. The average molecular weight is 188 g/mol. The van der Waals surface area contributed by atoms with E-state index in [9.17, 15) is 4.79 Å². The number of rotatable bonds is 1. The zero-order valence-corrected chi connectivity index (χ0v) is 7.39. The van der Waals surface area contributed by atoms with Gasteiger partial charge in [-0.2, -0.15) is 0 Å². The molecule has 0 aliphatic rings. The summed E-state index contributed by atoms with van der Waals surface area (Å²) in [5, 5.41) is 0. The summed E-state index contributed by atoms with van der Waals surface area (Å²) in [4.78, 5) is 14.4. The van der Waals surface area contributed by atoms with Crippen molar-refractivity contribution in [1.29, 1.82) is 0 Å².